The molecule has 19 heavy (non-hydrogen) atoms. The van der Waals surface area contributed by atoms with Gasteiger partial charge in [-0.05, 0) is 25.0 Å². The number of rotatable bonds is 8. The number of anilines is 1. The Hall–Kier alpha value is -1.51. The SMILES string of the molecule is CCCN(CCC)C(=O)CCN(C)c1ccccc1. The predicted octanol–water partition coefficient (Wildman–Crippen LogP) is 3.16. The third-order valence-electron chi connectivity index (χ3n) is 3.20. The minimum atomic E-state index is 0.270. The van der Waals surface area contributed by atoms with E-state index in [4.69, 9.17) is 0 Å². The minimum Gasteiger partial charge on any atom is -0.374 e. The van der Waals surface area contributed by atoms with Gasteiger partial charge in [0.15, 0.2) is 0 Å². The fourth-order valence-electron chi connectivity index (χ4n) is 2.13. The van der Waals surface area contributed by atoms with Crippen molar-refractivity contribution in [1.29, 1.82) is 0 Å². The van der Waals surface area contributed by atoms with Gasteiger partial charge in [-0.2, -0.15) is 0 Å². The Morgan fingerprint density at radius 1 is 1.00 bits per heavy atom. The summed E-state index contributed by atoms with van der Waals surface area (Å²) in [5, 5.41) is 0. The smallest absolute Gasteiger partial charge is 0.224 e. The molecule has 0 aliphatic rings. The number of benzene rings is 1. The number of amides is 1. The van der Waals surface area contributed by atoms with Gasteiger partial charge in [0.25, 0.3) is 0 Å². The zero-order valence-electron chi connectivity index (χ0n) is 12.4. The van der Waals surface area contributed by atoms with Crippen LogP contribution in [0.15, 0.2) is 30.3 Å². The molecule has 3 nitrogen and oxygen atoms in total. The summed E-state index contributed by atoms with van der Waals surface area (Å²) < 4.78 is 0. The van der Waals surface area contributed by atoms with E-state index in [1.54, 1.807) is 0 Å². The largest absolute Gasteiger partial charge is 0.374 e. The van der Waals surface area contributed by atoms with E-state index in [-0.39, 0.29) is 5.91 Å². The zero-order valence-corrected chi connectivity index (χ0v) is 12.4. The second-order valence-corrected chi connectivity index (χ2v) is 4.89. The fourth-order valence-corrected chi connectivity index (χ4v) is 2.13. The van der Waals surface area contributed by atoms with E-state index in [0.717, 1.165) is 38.2 Å². The number of hydrogen-bond donors (Lipinski definition) is 0. The predicted molar refractivity (Wildman–Crippen MR) is 81.5 cm³/mol. The van der Waals surface area contributed by atoms with Gasteiger partial charge >= 0.3 is 0 Å². The van der Waals surface area contributed by atoms with Gasteiger partial charge in [-0.1, -0.05) is 32.0 Å². The van der Waals surface area contributed by atoms with Crippen LogP contribution in [0.1, 0.15) is 33.1 Å². The molecule has 0 fully saturated rings. The molecule has 0 aliphatic heterocycles. The topological polar surface area (TPSA) is 23.6 Å². The lowest BCUT2D eigenvalue weighted by molar-refractivity contribution is -0.131. The first-order valence-electron chi connectivity index (χ1n) is 7.23. The number of hydrogen-bond acceptors (Lipinski definition) is 2. The molecule has 3 heteroatoms. The Labute approximate surface area is 117 Å². The third-order valence-corrected chi connectivity index (χ3v) is 3.20. The summed E-state index contributed by atoms with van der Waals surface area (Å²) in [6.07, 6.45) is 2.64. The third kappa shape index (κ3) is 5.33. The number of para-hydroxylation sites is 1. The molecule has 0 bridgehead atoms. The highest BCUT2D eigenvalue weighted by atomic mass is 16.2. The molecule has 0 unspecified atom stereocenters. The van der Waals surface area contributed by atoms with Gasteiger partial charge in [0.1, 0.15) is 0 Å². The maximum Gasteiger partial charge on any atom is 0.224 e. The summed E-state index contributed by atoms with van der Waals surface area (Å²) in [5.74, 6) is 0.270. The average molecular weight is 262 g/mol. The highest BCUT2D eigenvalue weighted by molar-refractivity contribution is 5.76. The molecule has 0 atom stereocenters. The van der Waals surface area contributed by atoms with Crippen molar-refractivity contribution < 1.29 is 4.79 Å². The van der Waals surface area contributed by atoms with Crippen LogP contribution in [0.3, 0.4) is 0 Å². The van der Waals surface area contributed by atoms with Gasteiger partial charge < -0.3 is 9.80 Å². The molecule has 0 heterocycles. The molecule has 1 amide bonds. The van der Waals surface area contributed by atoms with Gasteiger partial charge in [0, 0.05) is 38.8 Å². The first-order valence-corrected chi connectivity index (χ1v) is 7.23. The monoisotopic (exact) mass is 262 g/mol. The molecule has 1 rings (SSSR count). The highest BCUT2D eigenvalue weighted by Gasteiger charge is 2.12. The van der Waals surface area contributed by atoms with Crippen LogP contribution in [0.2, 0.25) is 0 Å². The highest BCUT2D eigenvalue weighted by Crippen LogP contribution is 2.11. The summed E-state index contributed by atoms with van der Waals surface area (Å²) in [7, 11) is 2.03. The van der Waals surface area contributed by atoms with Gasteiger partial charge in [0.05, 0.1) is 0 Å². The van der Waals surface area contributed by atoms with Crippen molar-refractivity contribution in [2.45, 2.75) is 33.1 Å². The first kappa shape index (κ1) is 15.5. The Bertz CT molecular complexity index is 358. The van der Waals surface area contributed by atoms with Crippen LogP contribution in [0.5, 0.6) is 0 Å². The number of carbonyl (C=O) groups is 1. The molecule has 0 spiro atoms. The summed E-state index contributed by atoms with van der Waals surface area (Å²) in [5.41, 5.74) is 1.16. The van der Waals surface area contributed by atoms with Crippen LogP contribution in [0.25, 0.3) is 0 Å². The maximum atomic E-state index is 12.2. The van der Waals surface area contributed by atoms with Crippen LogP contribution in [0, 0.1) is 0 Å². The van der Waals surface area contributed by atoms with Crippen LogP contribution in [0.4, 0.5) is 5.69 Å². The van der Waals surface area contributed by atoms with E-state index in [1.807, 2.05) is 30.1 Å². The van der Waals surface area contributed by atoms with E-state index < -0.39 is 0 Å². The Balaban J connectivity index is 2.44. The van der Waals surface area contributed by atoms with E-state index in [1.165, 1.54) is 0 Å². The molecule has 0 aromatic heterocycles. The number of carbonyl (C=O) groups excluding carboxylic acids is 1. The standard InChI is InChI=1S/C16H26N2O/c1-4-12-18(13-5-2)16(19)11-14-17(3)15-9-7-6-8-10-15/h6-10H,4-5,11-14H2,1-3H3. The summed E-state index contributed by atoms with van der Waals surface area (Å²) >= 11 is 0. The van der Waals surface area contributed by atoms with Crippen LogP contribution in [-0.2, 0) is 4.79 Å². The van der Waals surface area contributed by atoms with Crippen molar-refractivity contribution in [1.82, 2.24) is 4.90 Å². The maximum absolute atomic E-state index is 12.2. The average Bonchev–Trinajstić information content (AvgIpc) is 2.45. The van der Waals surface area contributed by atoms with Crippen LogP contribution in [-0.4, -0.2) is 37.5 Å². The zero-order chi connectivity index (χ0) is 14.1. The van der Waals surface area contributed by atoms with Crippen molar-refractivity contribution in [3.63, 3.8) is 0 Å². The molecule has 1 aromatic rings. The molecule has 0 N–H and O–H groups in total. The summed E-state index contributed by atoms with van der Waals surface area (Å²) in [6.45, 7) is 6.76. The number of nitrogens with zero attached hydrogens (tertiary/aromatic N) is 2. The first-order chi connectivity index (χ1) is 9.19. The second-order valence-electron chi connectivity index (χ2n) is 4.89. The Morgan fingerprint density at radius 3 is 2.11 bits per heavy atom. The molecule has 0 radical (unpaired) electrons. The van der Waals surface area contributed by atoms with Crippen molar-refractivity contribution in [3.05, 3.63) is 30.3 Å². The second kappa shape index (κ2) is 8.57. The Morgan fingerprint density at radius 2 is 1.58 bits per heavy atom. The molecule has 1 aromatic carbocycles. The van der Waals surface area contributed by atoms with E-state index in [9.17, 15) is 4.79 Å². The molecular formula is C16H26N2O. The van der Waals surface area contributed by atoms with Gasteiger partial charge in [-0.3, -0.25) is 4.79 Å². The van der Waals surface area contributed by atoms with Crippen molar-refractivity contribution in [2.75, 3.05) is 31.6 Å². The lowest BCUT2D eigenvalue weighted by Crippen LogP contribution is -2.34. The lowest BCUT2D eigenvalue weighted by atomic mass is 10.2. The van der Waals surface area contributed by atoms with Crippen LogP contribution >= 0.6 is 0 Å². The molecular weight excluding hydrogens is 236 g/mol. The van der Waals surface area contributed by atoms with Gasteiger partial charge in [-0.15, -0.1) is 0 Å². The van der Waals surface area contributed by atoms with Gasteiger partial charge in [0.2, 0.25) is 5.91 Å². The van der Waals surface area contributed by atoms with Crippen LogP contribution < -0.4 is 4.90 Å². The molecule has 106 valence electrons. The van der Waals surface area contributed by atoms with E-state index >= 15 is 0 Å². The summed E-state index contributed by atoms with van der Waals surface area (Å²) in [4.78, 5) is 16.3. The summed E-state index contributed by atoms with van der Waals surface area (Å²) in [6, 6.07) is 10.2. The lowest BCUT2D eigenvalue weighted by Gasteiger charge is -2.24. The van der Waals surface area contributed by atoms with Crippen molar-refractivity contribution in [2.24, 2.45) is 0 Å². The van der Waals surface area contributed by atoms with Gasteiger partial charge in [-0.25, -0.2) is 0 Å². The Kier molecular flexibility index (Phi) is 7.01. The quantitative estimate of drug-likeness (QED) is 0.718. The molecule has 0 saturated carbocycles. The normalized spacial score (nSPS) is 10.3. The van der Waals surface area contributed by atoms with Crippen molar-refractivity contribution >= 4 is 11.6 Å². The minimum absolute atomic E-state index is 0.270. The van der Waals surface area contributed by atoms with E-state index in [0.29, 0.717) is 6.42 Å². The molecule has 0 aliphatic carbocycles. The molecule has 0 saturated heterocycles. The van der Waals surface area contributed by atoms with E-state index in [2.05, 4.69) is 30.9 Å². The fraction of sp³-hybridized carbons (Fsp3) is 0.562. The van der Waals surface area contributed by atoms with Crippen molar-refractivity contribution in [3.8, 4) is 0 Å².